The van der Waals surface area contributed by atoms with Crippen LogP contribution in [0.2, 0.25) is 0 Å². The highest BCUT2D eigenvalue weighted by atomic mass is 16.5. The van der Waals surface area contributed by atoms with Crippen LogP contribution in [-0.4, -0.2) is 29.8 Å². The standard InChI is InChI=1S/C22H28N2O3/c1-21(2)12-16-10-15(20(25)26)8-9-19(16)24(14-21)17-6-5-7-18(11-17)27-22(3,4)13-23/h5-11H,12-14,23H2,1-4H3,(H,25,26). The van der Waals surface area contributed by atoms with Crippen LogP contribution in [0.3, 0.4) is 0 Å². The molecule has 1 aliphatic rings. The Hall–Kier alpha value is -2.53. The van der Waals surface area contributed by atoms with E-state index in [4.69, 9.17) is 10.5 Å². The molecular weight excluding hydrogens is 340 g/mol. The fraction of sp³-hybridized carbons (Fsp3) is 0.409. The van der Waals surface area contributed by atoms with Gasteiger partial charge < -0.3 is 20.5 Å². The van der Waals surface area contributed by atoms with E-state index in [9.17, 15) is 9.90 Å². The molecule has 0 aromatic heterocycles. The highest BCUT2D eigenvalue weighted by Crippen LogP contribution is 2.41. The van der Waals surface area contributed by atoms with E-state index >= 15 is 0 Å². The van der Waals surface area contributed by atoms with Crippen molar-refractivity contribution in [1.29, 1.82) is 0 Å². The van der Waals surface area contributed by atoms with Crippen LogP contribution < -0.4 is 15.4 Å². The minimum absolute atomic E-state index is 0.0253. The van der Waals surface area contributed by atoms with Gasteiger partial charge in [-0.05, 0) is 61.6 Å². The third-order valence-electron chi connectivity index (χ3n) is 4.89. The fourth-order valence-corrected chi connectivity index (χ4v) is 3.51. The van der Waals surface area contributed by atoms with Crippen LogP contribution in [0.25, 0.3) is 0 Å². The SMILES string of the molecule is CC1(C)Cc2cc(C(=O)O)ccc2N(c2cccc(OC(C)(C)CN)c2)C1. The Morgan fingerprint density at radius 3 is 2.67 bits per heavy atom. The number of carboxylic acid groups (broad SMARTS) is 1. The fourth-order valence-electron chi connectivity index (χ4n) is 3.51. The molecule has 0 fully saturated rings. The summed E-state index contributed by atoms with van der Waals surface area (Å²) in [7, 11) is 0. The minimum atomic E-state index is -0.896. The van der Waals surface area contributed by atoms with Crippen molar-refractivity contribution in [1.82, 2.24) is 0 Å². The lowest BCUT2D eigenvalue weighted by molar-refractivity contribution is 0.0696. The highest BCUT2D eigenvalue weighted by molar-refractivity contribution is 5.89. The Labute approximate surface area is 160 Å². The molecule has 0 saturated heterocycles. The highest BCUT2D eigenvalue weighted by Gasteiger charge is 2.31. The van der Waals surface area contributed by atoms with E-state index < -0.39 is 11.6 Å². The molecule has 1 aliphatic heterocycles. The summed E-state index contributed by atoms with van der Waals surface area (Å²) >= 11 is 0. The number of nitrogens with two attached hydrogens (primary N) is 1. The zero-order valence-corrected chi connectivity index (χ0v) is 16.5. The number of nitrogens with zero attached hydrogens (tertiary/aromatic N) is 1. The van der Waals surface area contributed by atoms with Gasteiger partial charge in [0.25, 0.3) is 0 Å². The van der Waals surface area contributed by atoms with E-state index in [0.717, 1.165) is 35.7 Å². The van der Waals surface area contributed by atoms with E-state index in [1.807, 2.05) is 38.1 Å². The van der Waals surface area contributed by atoms with Crippen LogP contribution in [0.4, 0.5) is 11.4 Å². The van der Waals surface area contributed by atoms with Crippen molar-refractivity contribution in [2.24, 2.45) is 11.1 Å². The summed E-state index contributed by atoms with van der Waals surface area (Å²) in [5.74, 6) is -0.123. The van der Waals surface area contributed by atoms with Crippen molar-refractivity contribution >= 4 is 17.3 Å². The van der Waals surface area contributed by atoms with Crippen LogP contribution >= 0.6 is 0 Å². The molecule has 0 bridgehead atoms. The van der Waals surface area contributed by atoms with Gasteiger partial charge in [-0.3, -0.25) is 0 Å². The molecule has 0 amide bonds. The smallest absolute Gasteiger partial charge is 0.335 e. The average Bonchev–Trinajstić information content (AvgIpc) is 2.59. The molecule has 27 heavy (non-hydrogen) atoms. The summed E-state index contributed by atoms with van der Waals surface area (Å²) in [6.07, 6.45) is 0.844. The maximum Gasteiger partial charge on any atom is 0.335 e. The molecule has 0 atom stereocenters. The Kier molecular flexibility index (Phi) is 4.91. The number of aromatic carboxylic acids is 1. The molecule has 0 saturated carbocycles. The maximum atomic E-state index is 11.4. The summed E-state index contributed by atoms with van der Waals surface area (Å²) in [4.78, 5) is 13.6. The zero-order valence-electron chi connectivity index (χ0n) is 16.5. The molecular formula is C22H28N2O3. The molecule has 0 aliphatic carbocycles. The molecule has 2 aromatic rings. The van der Waals surface area contributed by atoms with E-state index in [-0.39, 0.29) is 5.41 Å². The Balaban J connectivity index is 2.01. The lowest BCUT2D eigenvalue weighted by Crippen LogP contribution is -2.38. The van der Waals surface area contributed by atoms with Gasteiger partial charge >= 0.3 is 5.97 Å². The van der Waals surface area contributed by atoms with Crippen molar-refractivity contribution in [3.05, 3.63) is 53.6 Å². The van der Waals surface area contributed by atoms with Gasteiger partial charge in [0.2, 0.25) is 0 Å². The quantitative estimate of drug-likeness (QED) is 0.826. The van der Waals surface area contributed by atoms with E-state index in [1.54, 1.807) is 12.1 Å². The van der Waals surface area contributed by atoms with Gasteiger partial charge in [-0.2, -0.15) is 0 Å². The third kappa shape index (κ3) is 4.25. The largest absolute Gasteiger partial charge is 0.486 e. The van der Waals surface area contributed by atoms with Gasteiger partial charge in [-0.25, -0.2) is 4.79 Å². The van der Waals surface area contributed by atoms with Crippen molar-refractivity contribution in [2.75, 3.05) is 18.0 Å². The molecule has 0 spiro atoms. The van der Waals surface area contributed by atoms with Gasteiger partial charge in [0.15, 0.2) is 0 Å². The van der Waals surface area contributed by atoms with Gasteiger partial charge in [-0.1, -0.05) is 19.9 Å². The van der Waals surface area contributed by atoms with E-state index in [1.165, 1.54) is 0 Å². The molecule has 5 nitrogen and oxygen atoms in total. The molecule has 1 heterocycles. The van der Waals surface area contributed by atoms with Crippen LogP contribution in [0.1, 0.15) is 43.6 Å². The van der Waals surface area contributed by atoms with Gasteiger partial charge in [0, 0.05) is 30.5 Å². The molecule has 5 heteroatoms. The number of hydrogen-bond acceptors (Lipinski definition) is 4. The van der Waals surface area contributed by atoms with Crippen molar-refractivity contribution < 1.29 is 14.6 Å². The summed E-state index contributed by atoms with van der Waals surface area (Å²) in [6.45, 7) is 9.60. The topological polar surface area (TPSA) is 75.8 Å². The van der Waals surface area contributed by atoms with Crippen LogP contribution in [-0.2, 0) is 6.42 Å². The number of hydrogen-bond donors (Lipinski definition) is 2. The molecule has 3 rings (SSSR count). The number of anilines is 2. The van der Waals surface area contributed by atoms with Crippen LogP contribution in [0.15, 0.2) is 42.5 Å². The second kappa shape index (κ2) is 6.89. The van der Waals surface area contributed by atoms with E-state index in [2.05, 4.69) is 24.8 Å². The monoisotopic (exact) mass is 368 g/mol. The minimum Gasteiger partial charge on any atom is -0.486 e. The molecule has 0 radical (unpaired) electrons. The summed E-state index contributed by atoms with van der Waals surface area (Å²) < 4.78 is 6.04. The number of carboxylic acids is 1. The first-order chi connectivity index (χ1) is 12.6. The van der Waals surface area contributed by atoms with Gasteiger partial charge in [0.1, 0.15) is 11.4 Å². The molecule has 0 unspecified atom stereocenters. The zero-order chi connectivity index (χ0) is 19.8. The van der Waals surface area contributed by atoms with Crippen molar-refractivity contribution in [3.63, 3.8) is 0 Å². The number of carbonyl (C=O) groups is 1. The number of fused-ring (bicyclic) bond motifs is 1. The Morgan fingerprint density at radius 2 is 2.00 bits per heavy atom. The third-order valence-corrected chi connectivity index (χ3v) is 4.89. The van der Waals surface area contributed by atoms with Crippen LogP contribution in [0.5, 0.6) is 5.75 Å². The summed E-state index contributed by atoms with van der Waals surface area (Å²) in [5.41, 5.74) is 8.84. The predicted octanol–water partition coefficient (Wildman–Crippen LogP) is 4.22. The summed E-state index contributed by atoms with van der Waals surface area (Å²) in [5, 5.41) is 9.33. The summed E-state index contributed by atoms with van der Waals surface area (Å²) in [6, 6.07) is 13.4. The Morgan fingerprint density at radius 1 is 1.26 bits per heavy atom. The lowest BCUT2D eigenvalue weighted by atomic mass is 9.80. The van der Waals surface area contributed by atoms with E-state index in [0.29, 0.717) is 12.1 Å². The number of ether oxygens (including phenoxy) is 1. The normalized spacial score (nSPS) is 16.0. The van der Waals surface area contributed by atoms with Crippen molar-refractivity contribution in [2.45, 2.75) is 39.7 Å². The molecule has 144 valence electrons. The number of benzene rings is 2. The van der Waals surface area contributed by atoms with Crippen LogP contribution in [0, 0.1) is 5.41 Å². The first kappa shape index (κ1) is 19.2. The molecule has 3 N–H and O–H groups in total. The number of rotatable bonds is 5. The van der Waals surface area contributed by atoms with Crippen molar-refractivity contribution in [3.8, 4) is 5.75 Å². The van der Waals surface area contributed by atoms with Gasteiger partial charge in [0.05, 0.1) is 5.56 Å². The van der Waals surface area contributed by atoms with Gasteiger partial charge in [-0.15, -0.1) is 0 Å². The Bertz CT molecular complexity index is 858. The first-order valence-electron chi connectivity index (χ1n) is 9.23. The lowest BCUT2D eigenvalue weighted by Gasteiger charge is -2.41. The second-order valence-electron chi connectivity index (χ2n) is 8.64. The predicted molar refractivity (Wildman–Crippen MR) is 108 cm³/mol. The second-order valence-corrected chi connectivity index (χ2v) is 8.64. The first-order valence-corrected chi connectivity index (χ1v) is 9.23. The average molecular weight is 368 g/mol. The molecule has 2 aromatic carbocycles. The maximum absolute atomic E-state index is 11.4.